The van der Waals surface area contributed by atoms with E-state index < -0.39 is 0 Å². The zero-order chi connectivity index (χ0) is 12.4. The second-order valence-electron chi connectivity index (χ2n) is 3.43. The van der Waals surface area contributed by atoms with E-state index in [9.17, 15) is 4.79 Å². The van der Waals surface area contributed by atoms with Crippen LogP contribution in [0.15, 0.2) is 22.0 Å². The van der Waals surface area contributed by atoms with Crippen molar-refractivity contribution in [1.82, 2.24) is 9.59 Å². The SMILES string of the molecule is Cc1cc(Br)c(NC(=O)c2csnn2)cc1N. The number of aromatic nitrogens is 2. The van der Waals surface area contributed by atoms with Crippen LogP contribution < -0.4 is 11.1 Å². The van der Waals surface area contributed by atoms with Crippen molar-refractivity contribution < 1.29 is 4.79 Å². The van der Waals surface area contributed by atoms with Gasteiger partial charge in [-0.15, -0.1) is 5.10 Å². The second-order valence-corrected chi connectivity index (χ2v) is 4.90. The molecule has 0 aliphatic rings. The lowest BCUT2D eigenvalue weighted by molar-refractivity contribution is 0.102. The first kappa shape index (κ1) is 12.0. The van der Waals surface area contributed by atoms with Crippen molar-refractivity contribution in [2.24, 2.45) is 0 Å². The summed E-state index contributed by atoms with van der Waals surface area (Å²) < 4.78 is 4.41. The van der Waals surface area contributed by atoms with Gasteiger partial charge in [0.15, 0.2) is 5.69 Å². The normalized spacial score (nSPS) is 10.2. The van der Waals surface area contributed by atoms with E-state index in [0.717, 1.165) is 21.6 Å². The molecule has 88 valence electrons. The minimum Gasteiger partial charge on any atom is -0.398 e. The van der Waals surface area contributed by atoms with E-state index in [-0.39, 0.29) is 5.91 Å². The van der Waals surface area contributed by atoms with Crippen LogP contribution in [-0.2, 0) is 0 Å². The van der Waals surface area contributed by atoms with Gasteiger partial charge in [-0.05, 0) is 52.1 Å². The van der Waals surface area contributed by atoms with Crippen molar-refractivity contribution in [2.75, 3.05) is 11.1 Å². The lowest BCUT2D eigenvalue weighted by atomic mass is 10.2. The molecule has 1 aromatic carbocycles. The van der Waals surface area contributed by atoms with Gasteiger partial charge in [0.2, 0.25) is 0 Å². The molecule has 0 bridgehead atoms. The molecule has 1 amide bonds. The number of nitrogens with two attached hydrogens (primary N) is 1. The highest BCUT2D eigenvalue weighted by Gasteiger charge is 2.11. The topological polar surface area (TPSA) is 80.9 Å². The van der Waals surface area contributed by atoms with Crippen LogP contribution in [0.1, 0.15) is 16.1 Å². The molecule has 0 fully saturated rings. The number of nitrogen functional groups attached to an aromatic ring is 1. The van der Waals surface area contributed by atoms with Gasteiger partial charge in [-0.3, -0.25) is 4.79 Å². The summed E-state index contributed by atoms with van der Waals surface area (Å²) in [5.41, 5.74) is 8.27. The van der Waals surface area contributed by atoms with Crippen LogP contribution in [0.4, 0.5) is 11.4 Å². The van der Waals surface area contributed by atoms with Crippen molar-refractivity contribution in [3.8, 4) is 0 Å². The third kappa shape index (κ3) is 2.62. The number of aryl methyl sites for hydroxylation is 1. The number of anilines is 2. The number of carbonyl (C=O) groups excluding carboxylic acids is 1. The summed E-state index contributed by atoms with van der Waals surface area (Å²) in [6.07, 6.45) is 0. The monoisotopic (exact) mass is 312 g/mol. The highest BCUT2D eigenvalue weighted by Crippen LogP contribution is 2.28. The van der Waals surface area contributed by atoms with Crippen LogP contribution in [0.2, 0.25) is 0 Å². The Balaban J connectivity index is 2.25. The van der Waals surface area contributed by atoms with Crippen molar-refractivity contribution >= 4 is 44.7 Å². The molecule has 0 aliphatic carbocycles. The van der Waals surface area contributed by atoms with Gasteiger partial charge in [0, 0.05) is 15.5 Å². The lowest BCUT2D eigenvalue weighted by Gasteiger charge is -2.08. The summed E-state index contributed by atoms with van der Waals surface area (Å²) in [6, 6.07) is 3.56. The Bertz CT molecular complexity index is 556. The third-order valence-electron chi connectivity index (χ3n) is 2.20. The van der Waals surface area contributed by atoms with Gasteiger partial charge in [-0.25, -0.2) is 0 Å². The largest absolute Gasteiger partial charge is 0.398 e. The van der Waals surface area contributed by atoms with Crippen LogP contribution in [0, 0.1) is 6.92 Å². The highest BCUT2D eigenvalue weighted by atomic mass is 79.9. The van der Waals surface area contributed by atoms with E-state index in [1.807, 2.05) is 13.0 Å². The number of amides is 1. The summed E-state index contributed by atoms with van der Waals surface area (Å²) in [7, 11) is 0. The molecule has 0 aliphatic heterocycles. The molecular formula is C10H9BrN4OS. The Morgan fingerprint density at radius 2 is 2.29 bits per heavy atom. The summed E-state index contributed by atoms with van der Waals surface area (Å²) in [6.45, 7) is 1.90. The van der Waals surface area contributed by atoms with Crippen molar-refractivity contribution in [3.05, 3.63) is 33.2 Å². The van der Waals surface area contributed by atoms with Crippen LogP contribution in [0.25, 0.3) is 0 Å². The molecule has 0 atom stereocenters. The average Bonchev–Trinajstić information content (AvgIpc) is 2.79. The minimum absolute atomic E-state index is 0.293. The molecule has 17 heavy (non-hydrogen) atoms. The Morgan fingerprint density at radius 3 is 2.94 bits per heavy atom. The predicted octanol–water partition coefficient (Wildman–Crippen LogP) is 2.44. The number of halogens is 1. The van der Waals surface area contributed by atoms with Crippen LogP contribution in [-0.4, -0.2) is 15.5 Å². The van der Waals surface area contributed by atoms with Gasteiger partial charge in [-0.1, -0.05) is 4.49 Å². The zero-order valence-electron chi connectivity index (χ0n) is 8.90. The predicted molar refractivity (Wildman–Crippen MR) is 71.2 cm³/mol. The Kier molecular flexibility index (Phi) is 3.39. The molecule has 2 rings (SSSR count). The molecule has 1 heterocycles. The first-order valence-electron chi connectivity index (χ1n) is 4.72. The van der Waals surface area contributed by atoms with E-state index in [2.05, 4.69) is 30.8 Å². The number of hydrogen-bond acceptors (Lipinski definition) is 5. The van der Waals surface area contributed by atoms with Gasteiger partial charge in [0.25, 0.3) is 5.91 Å². The fourth-order valence-electron chi connectivity index (χ4n) is 1.24. The fourth-order valence-corrected chi connectivity index (χ4v) is 2.23. The molecule has 7 heteroatoms. The van der Waals surface area contributed by atoms with Gasteiger partial charge in [0.1, 0.15) is 0 Å². The quantitative estimate of drug-likeness (QED) is 0.835. The number of carbonyl (C=O) groups is 1. The maximum atomic E-state index is 11.8. The van der Waals surface area contributed by atoms with Crippen molar-refractivity contribution in [3.63, 3.8) is 0 Å². The summed E-state index contributed by atoms with van der Waals surface area (Å²) >= 11 is 4.50. The first-order chi connectivity index (χ1) is 8.08. The standard InChI is InChI=1S/C10H9BrN4OS/c1-5-2-6(11)8(3-7(5)12)13-10(16)9-4-17-15-14-9/h2-4H,12H2,1H3,(H,13,16). The van der Waals surface area contributed by atoms with Crippen molar-refractivity contribution in [1.29, 1.82) is 0 Å². The van der Waals surface area contributed by atoms with E-state index >= 15 is 0 Å². The van der Waals surface area contributed by atoms with Crippen molar-refractivity contribution in [2.45, 2.75) is 6.92 Å². The van der Waals surface area contributed by atoms with E-state index in [1.165, 1.54) is 0 Å². The summed E-state index contributed by atoms with van der Waals surface area (Å²) in [4.78, 5) is 11.8. The van der Waals surface area contributed by atoms with E-state index in [4.69, 9.17) is 5.73 Å². The maximum absolute atomic E-state index is 11.8. The van der Waals surface area contributed by atoms with Gasteiger partial charge in [0.05, 0.1) is 5.69 Å². The van der Waals surface area contributed by atoms with E-state index in [1.54, 1.807) is 11.4 Å². The number of benzene rings is 1. The molecule has 0 saturated heterocycles. The number of nitrogens with one attached hydrogen (secondary N) is 1. The molecular weight excluding hydrogens is 304 g/mol. The third-order valence-corrected chi connectivity index (χ3v) is 3.36. The molecule has 1 aromatic heterocycles. The number of rotatable bonds is 2. The van der Waals surface area contributed by atoms with E-state index in [0.29, 0.717) is 17.1 Å². The lowest BCUT2D eigenvalue weighted by Crippen LogP contribution is -2.13. The smallest absolute Gasteiger partial charge is 0.277 e. The number of hydrogen-bond donors (Lipinski definition) is 2. The molecule has 0 saturated carbocycles. The zero-order valence-corrected chi connectivity index (χ0v) is 11.3. The van der Waals surface area contributed by atoms with Gasteiger partial charge >= 0.3 is 0 Å². The minimum atomic E-state index is -0.303. The molecule has 2 aromatic rings. The molecule has 0 spiro atoms. The molecule has 3 N–H and O–H groups in total. The van der Waals surface area contributed by atoms with Gasteiger partial charge < -0.3 is 11.1 Å². The van der Waals surface area contributed by atoms with Crippen LogP contribution >= 0.6 is 27.5 Å². The Morgan fingerprint density at radius 1 is 1.53 bits per heavy atom. The fraction of sp³-hybridized carbons (Fsp3) is 0.100. The second kappa shape index (κ2) is 4.80. The summed E-state index contributed by atoms with van der Waals surface area (Å²) in [5.74, 6) is -0.303. The molecule has 5 nitrogen and oxygen atoms in total. The Hall–Kier alpha value is -1.47. The maximum Gasteiger partial charge on any atom is 0.277 e. The van der Waals surface area contributed by atoms with Gasteiger partial charge in [-0.2, -0.15) is 0 Å². The average molecular weight is 313 g/mol. The summed E-state index contributed by atoms with van der Waals surface area (Å²) in [5, 5.41) is 8.00. The number of nitrogens with zero attached hydrogens (tertiary/aromatic N) is 2. The molecule has 0 unspecified atom stereocenters. The highest BCUT2D eigenvalue weighted by molar-refractivity contribution is 9.10. The first-order valence-corrected chi connectivity index (χ1v) is 6.35. The molecule has 0 radical (unpaired) electrons. The van der Waals surface area contributed by atoms with Crippen LogP contribution in [0.5, 0.6) is 0 Å². The Labute approximate surface area is 110 Å². The van der Waals surface area contributed by atoms with Crippen LogP contribution in [0.3, 0.4) is 0 Å².